The van der Waals surface area contributed by atoms with Gasteiger partial charge < -0.3 is 4.52 Å². The predicted octanol–water partition coefficient (Wildman–Crippen LogP) is 2.16. The average Bonchev–Trinajstić information content (AvgIpc) is 3.06. The number of nitro groups is 2. The highest BCUT2D eigenvalue weighted by atomic mass is 16.6. The van der Waals surface area contributed by atoms with E-state index in [2.05, 4.69) is 5.16 Å². The second-order valence-corrected chi connectivity index (χ2v) is 5.63. The maximum Gasteiger partial charge on any atom is 0.338 e. The smallest absolute Gasteiger partial charge is 0.338 e. The fourth-order valence-electron chi connectivity index (χ4n) is 2.72. The Morgan fingerprint density at radius 1 is 1.08 bits per heavy atom. The molecule has 0 radical (unpaired) electrons. The summed E-state index contributed by atoms with van der Waals surface area (Å²) in [6.07, 6.45) is 2.56. The van der Waals surface area contributed by atoms with Gasteiger partial charge in [0.25, 0.3) is 5.69 Å². The molecule has 1 aromatic carbocycles. The van der Waals surface area contributed by atoms with E-state index in [0.29, 0.717) is 11.0 Å². The van der Waals surface area contributed by atoms with Gasteiger partial charge in [0.05, 0.1) is 26.4 Å². The van der Waals surface area contributed by atoms with Crippen molar-refractivity contribution in [3.63, 3.8) is 0 Å². The summed E-state index contributed by atoms with van der Waals surface area (Å²) < 4.78 is 7.57. The van der Waals surface area contributed by atoms with Crippen molar-refractivity contribution >= 4 is 34.6 Å². The van der Waals surface area contributed by atoms with Crippen LogP contribution in [0.4, 0.5) is 11.4 Å². The van der Waals surface area contributed by atoms with Gasteiger partial charge in [-0.25, -0.2) is 4.79 Å². The van der Waals surface area contributed by atoms with Crippen LogP contribution in [0.3, 0.4) is 0 Å². The Balaban J connectivity index is 2.20. The molecule has 3 aromatic rings. The lowest BCUT2D eigenvalue weighted by Gasteiger charge is -2.00. The summed E-state index contributed by atoms with van der Waals surface area (Å²) >= 11 is 0. The quantitative estimate of drug-likeness (QED) is 0.513. The third-order valence-electron chi connectivity index (χ3n) is 4.07. The van der Waals surface area contributed by atoms with Crippen LogP contribution in [-0.2, 0) is 14.1 Å². The summed E-state index contributed by atoms with van der Waals surface area (Å²) in [5, 5.41) is 26.0. The maximum atomic E-state index is 12.0. The molecule has 0 spiro atoms. The minimum absolute atomic E-state index is 0.102. The lowest BCUT2D eigenvalue weighted by Crippen LogP contribution is -2.19. The first-order valence-electron chi connectivity index (χ1n) is 7.35. The molecule has 0 aliphatic rings. The van der Waals surface area contributed by atoms with Crippen molar-refractivity contribution in [3.05, 3.63) is 59.9 Å². The standard InChI is InChI=1S/C15H13N5O6/c1-8-14(20(24)25)13(26-16-8)5-4-9-6-11-12(7-10(9)19(22)23)18(3)15(21)17(11)2/h4-7H,1-3H3/b5-4+. The van der Waals surface area contributed by atoms with Crippen LogP contribution in [0, 0.1) is 27.2 Å². The zero-order valence-electron chi connectivity index (χ0n) is 14.0. The molecule has 0 aliphatic heterocycles. The van der Waals surface area contributed by atoms with Crippen LogP contribution in [0.2, 0.25) is 0 Å². The molecule has 3 rings (SSSR count). The predicted molar refractivity (Wildman–Crippen MR) is 91.6 cm³/mol. The number of fused-ring (bicyclic) bond motifs is 1. The second-order valence-electron chi connectivity index (χ2n) is 5.63. The summed E-state index contributed by atoms with van der Waals surface area (Å²) in [6.45, 7) is 1.42. The van der Waals surface area contributed by atoms with Gasteiger partial charge in [-0.3, -0.25) is 29.4 Å². The highest BCUT2D eigenvalue weighted by molar-refractivity contribution is 5.86. The molecule has 0 amide bonds. The lowest BCUT2D eigenvalue weighted by atomic mass is 10.1. The Hall–Kier alpha value is -3.76. The maximum absolute atomic E-state index is 12.0. The summed E-state index contributed by atoms with van der Waals surface area (Å²) in [5.41, 5.74) is 0.300. The highest BCUT2D eigenvalue weighted by Crippen LogP contribution is 2.29. The summed E-state index contributed by atoms with van der Waals surface area (Å²) in [7, 11) is 3.07. The third kappa shape index (κ3) is 2.55. The molecule has 0 bridgehead atoms. The fraction of sp³-hybridized carbons (Fsp3) is 0.200. The summed E-state index contributed by atoms with van der Waals surface area (Å²) in [5.74, 6) is -0.121. The molecule has 2 aromatic heterocycles. The topological polar surface area (TPSA) is 139 Å². The Morgan fingerprint density at radius 2 is 1.69 bits per heavy atom. The minimum atomic E-state index is -0.635. The molecular formula is C15H13N5O6. The van der Waals surface area contributed by atoms with Crippen LogP contribution in [0.1, 0.15) is 17.0 Å². The van der Waals surface area contributed by atoms with Crippen molar-refractivity contribution in [2.75, 3.05) is 0 Å². The van der Waals surface area contributed by atoms with Gasteiger partial charge in [-0.2, -0.15) is 0 Å². The van der Waals surface area contributed by atoms with Crippen molar-refractivity contribution in [2.45, 2.75) is 6.92 Å². The first-order valence-corrected chi connectivity index (χ1v) is 7.35. The van der Waals surface area contributed by atoms with E-state index in [1.54, 1.807) is 7.05 Å². The van der Waals surface area contributed by atoms with Crippen molar-refractivity contribution in [3.8, 4) is 0 Å². The van der Waals surface area contributed by atoms with E-state index in [1.807, 2.05) is 0 Å². The number of hydrogen-bond donors (Lipinski definition) is 0. The third-order valence-corrected chi connectivity index (χ3v) is 4.07. The second kappa shape index (κ2) is 5.95. The summed E-state index contributed by atoms with van der Waals surface area (Å²) in [6, 6.07) is 2.76. The average molecular weight is 359 g/mol. The van der Waals surface area contributed by atoms with Crippen molar-refractivity contribution in [2.24, 2.45) is 14.1 Å². The van der Waals surface area contributed by atoms with Crippen LogP contribution in [-0.4, -0.2) is 24.1 Å². The molecule has 0 aliphatic carbocycles. The van der Waals surface area contributed by atoms with Crippen molar-refractivity contribution < 1.29 is 14.4 Å². The molecule has 134 valence electrons. The number of nitrogens with zero attached hydrogens (tertiary/aromatic N) is 5. The van der Waals surface area contributed by atoms with Gasteiger partial charge in [0.2, 0.25) is 5.76 Å². The lowest BCUT2D eigenvalue weighted by molar-refractivity contribution is -0.386. The van der Waals surface area contributed by atoms with Gasteiger partial charge in [-0.05, 0) is 25.1 Å². The van der Waals surface area contributed by atoms with Crippen molar-refractivity contribution in [1.29, 1.82) is 0 Å². The molecule has 0 atom stereocenters. The van der Waals surface area contributed by atoms with E-state index in [4.69, 9.17) is 4.52 Å². The number of benzene rings is 1. The van der Waals surface area contributed by atoms with E-state index in [-0.39, 0.29) is 34.1 Å². The monoisotopic (exact) mass is 359 g/mol. The first-order chi connectivity index (χ1) is 12.2. The van der Waals surface area contributed by atoms with Crippen LogP contribution in [0.5, 0.6) is 0 Å². The minimum Gasteiger partial charge on any atom is -0.349 e. The molecule has 0 saturated carbocycles. The molecule has 2 heterocycles. The normalized spacial score (nSPS) is 11.5. The van der Waals surface area contributed by atoms with E-state index in [1.165, 1.54) is 47.4 Å². The molecule has 26 heavy (non-hydrogen) atoms. The van der Waals surface area contributed by atoms with Crippen LogP contribution >= 0.6 is 0 Å². The Morgan fingerprint density at radius 3 is 2.27 bits per heavy atom. The van der Waals surface area contributed by atoms with E-state index in [0.717, 1.165) is 0 Å². The van der Waals surface area contributed by atoms with E-state index < -0.39 is 9.85 Å². The molecule has 11 nitrogen and oxygen atoms in total. The van der Waals surface area contributed by atoms with Gasteiger partial charge in [0.15, 0.2) is 5.69 Å². The first kappa shape index (κ1) is 17.1. The van der Waals surface area contributed by atoms with Crippen molar-refractivity contribution in [1.82, 2.24) is 14.3 Å². The van der Waals surface area contributed by atoms with Gasteiger partial charge in [-0.15, -0.1) is 0 Å². The molecule has 0 N–H and O–H groups in total. The van der Waals surface area contributed by atoms with Gasteiger partial charge in [-0.1, -0.05) is 5.16 Å². The van der Waals surface area contributed by atoms with Crippen LogP contribution in [0.25, 0.3) is 23.2 Å². The number of aryl methyl sites for hydroxylation is 3. The number of rotatable bonds is 4. The molecule has 0 unspecified atom stereocenters. The highest BCUT2D eigenvalue weighted by Gasteiger charge is 2.23. The SMILES string of the molecule is Cc1noc(/C=C/c2cc3c(cc2[N+](=O)[O-])n(C)c(=O)n3C)c1[N+](=O)[O-]. The zero-order valence-corrected chi connectivity index (χ0v) is 14.0. The van der Waals surface area contributed by atoms with Gasteiger partial charge in [0.1, 0.15) is 0 Å². The van der Waals surface area contributed by atoms with Gasteiger partial charge in [0, 0.05) is 20.2 Å². The Bertz CT molecular complexity index is 1150. The van der Waals surface area contributed by atoms with Crippen LogP contribution < -0.4 is 5.69 Å². The van der Waals surface area contributed by atoms with Crippen LogP contribution in [0.15, 0.2) is 21.5 Å². The summed E-state index contributed by atoms with van der Waals surface area (Å²) in [4.78, 5) is 33.3. The van der Waals surface area contributed by atoms with E-state index in [9.17, 15) is 25.0 Å². The fourth-order valence-corrected chi connectivity index (χ4v) is 2.72. The van der Waals surface area contributed by atoms with E-state index >= 15 is 0 Å². The number of imidazole rings is 1. The molecule has 0 saturated heterocycles. The Kier molecular flexibility index (Phi) is 3.91. The Labute approximate surface area is 145 Å². The molecule has 0 fully saturated rings. The largest absolute Gasteiger partial charge is 0.349 e. The molecule has 11 heteroatoms. The number of hydrogen-bond acceptors (Lipinski definition) is 7. The zero-order chi connectivity index (χ0) is 19.2. The number of nitro benzene ring substituents is 1. The number of aromatic nitrogens is 3. The van der Waals surface area contributed by atoms with Gasteiger partial charge >= 0.3 is 11.4 Å². The molecular weight excluding hydrogens is 346 g/mol.